The summed E-state index contributed by atoms with van der Waals surface area (Å²) >= 11 is 0. The SMILES string of the molecule is CN(CCOc1ccccc1)CC(=O)NCc1ccc(CN2CCOCC2)cc1. The number of hydrogen-bond acceptors (Lipinski definition) is 5. The highest BCUT2D eigenvalue weighted by atomic mass is 16.5. The van der Waals surface area contributed by atoms with Gasteiger partial charge in [0.1, 0.15) is 12.4 Å². The van der Waals surface area contributed by atoms with Crippen molar-refractivity contribution in [3.63, 3.8) is 0 Å². The highest BCUT2D eigenvalue weighted by molar-refractivity contribution is 5.77. The van der Waals surface area contributed by atoms with E-state index in [4.69, 9.17) is 9.47 Å². The minimum atomic E-state index is 0.0182. The van der Waals surface area contributed by atoms with E-state index >= 15 is 0 Å². The number of ether oxygens (including phenoxy) is 2. The first kappa shape index (κ1) is 21.3. The standard InChI is InChI=1S/C23H31N3O3/c1-25(11-16-29-22-5-3-2-4-6-22)19-23(27)24-17-20-7-9-21(10-8-20)18-26-12-14-28-15-13-26/h2-10H,11-19H2,1H3,(H,24,27). The zero-order valence-corrected chi connectivity index (χ0v) is 17.2. The molecule has 1 aliphatic rings. The minimum absolute atomic E-state index is 0.0182. The number of likely N-dealkylation sites (N-methyl/N-ethyl adjacent to an activating group) is 1. The van der Waals surface area contributed by atoms with E-state index in [0.29, 0.717) is 26.2 Å². The van der Waals surface area contributed by atoms with Crippen molar-refractivity contribution in [2.75, 3.05) is 53.0 Å². The zero-order valence-electron chi connectivity index (χ0n) is 17.2. The number of rotatable bonds is 10. The molecule has 156 valence electrons. The van der Waals surface area contributed by atoms with Gasteiger partial charge >= 0.3 is 0 Å². The van der Waals surface area contributed by atoms with Crippen LogP contribution in [0, 0.1) is 0 Å². The van der Waals surface area contributed by atoms with Crippen LogP contribution in [-0.2, 0) is 22.6 Å². The molecule has 2 aromatic carbocycles. The van der Waals surface area contributed by atoms with Crippen LogP contribution in [0.15, 0.2) is 54.6 Å². The maximum atomic E-state index is 12.2. The lowest BCUT2D eigenvalue weighted by molar-refractivity contribution is -0.122. The summed E-state index contributed by atoms with van der Waals surface area (Å²) in [7, 11) is 1.92. The molecule has 0 aliphatic carbocycles. The molecule has 6 nitrogen and oxygen atoms in total. The Morgan fingerprint density at radius 2 is 1.76 bits per heavy atom. The number of amides is 1. The van der Waals surface area contributed by atoms with Crippen molar-refractivity contribution in [2.24, 2.45) is 0 Å². The van der Waals surface area contributed by atoms with Crippen LogP contribution in [0.4, 0.5) is 0 Å². The topological polar surface area (TPSA) is 54.0 Å². The molecule has 0 bridgehead atoms. The third-order valence-electron chi connectivity index (χ3n) is 4.92. The molecule has 29 heavy (non-hydrogen) atoms. The molecule has 1 aliphatic heterocycles. The van der Waals surface area contributed by atoms with Gasteiger partial charge in [-0.25, -0.2) is 0 Å². The predicted octanol–water partition coefficient (Wildman–Crippen LogP) is 2.15. The molecule has 2 aromatic rings. The number of para-hydroxylation sites is 1. The third-order valence-corrected chi connectivity index (χ3v) is 4.92. The molecule has 6 heteroatoms. The van der Waals surface area contributed by atoms with Crippen molar-refractivity contribution >= 4 is 5.91 Å². The maximum absolute atomic E-state index is 12.2. The van der Waals surface area contributed by atoms with Crippen molar-refractivity contribution < 1.29 is 14.3 Å². The Bertz CT molecular complexity index is 731. The van der Waals surface area contributed by atoms with Gasteiger partial charge in [0.15, 0.2) is 0 Å². The first-order valence-corrected chi connectivity index (χ1v) is 10.2. The smallest absolute Gasteiger partial charge is 0.234 e. The molecule has 1 fully saturated rings. The number of morpholine rings is 1. The number of hydrogen-bond donors (Lipinski definition) is 1. The van der Waals surface area contributed by atoms with Gasteiger partial charge in [0.25, 0.3) is 0 Å². The van der Waals surface area contributed by atoms with Crippen LogP contribution in [0.3, 0.4) is 0 Å². The Morgan fingerprint density at radius 1 is 1.07 bits per heavy atom. The fourth-order valence-electron chi connectivity index (χ4n) is 3.20. The molecule has 0 atom stereocenters. The maximum Gasteiger partial charge on any atom is 0.234 e. The summed E-state index contributed by atoms with van der Waals surface area (Å²) in [5, 5.41) is 2.99. The summed E-state index contributed by atoms with van der Waals surface area (Å²) in [6.07, 6.45) is 0. The molecule has 1 N–H and O–H groups in total. The van der Waals surface area contributed by atoms with Crippen molar-refractivity contribution in [1.29, 1.82) is 0 Å². The van der Waals surface area contributed by atoms with Gasteiger partial charge in [-0.2, -0.15) is 0 Å². The van der Waals surface area contributed by atoms with Gasteiger partial charge < -0.3 is 14.8 Å². The molecule has 1 saturated heterocycles. The quantitative estimate of drug-likeness (QED) is 0.666. The summed E-state index contributed by atoms with van der Waals surface area (Å²) in [6.45, 7) is 6.71. The van der Waals surface area contributed by atoms with Crippen molar-refractivity contribution in [2.45, 2.75) is 13.1 Å². The Hall–Kier alpha value is -2.41. The van der Waals surface area contributed by atoms with E-state index in [1.165, 1.54) is 5.56 Å². The molecule has 0 unspecified atom stereocenters. The van der Waals surface area contributed by atoms with Gasteiger partial charge in [-0.05, 0) is 30.3 Å². The lowest BCUT2D eigenvalue weighted by atomic mass is 10.1. The lowest BCUT2D eigenvalue weighted by Crippen LogP contribution is -2.36. The van der Waals surface area contributed by atoms with Crippen molar-refractivity contribution in [3.8, 4) is 5.75 Å². The van der Waals surface area contributed by atoms with Crippen LogP contribution in [0.25, 0.3) is 0 Å². The Labute approximate surface area is 173 Å². The molecule has 0 spiro atoms. The van der Waals surface area contributed by atoms with Crippen molar-refractivity contribution in [1.82, 2.24) is 15.1 Å². The van der Waals surface area contributed by atoms with Crippen LogP contribution in [0.1, 0.15) is 11.1 Å². The van der Waals surface area contributed by atoms with Crippen LogP contribution in [0.2, 0.25) is 0 Å². The lowest BCUT2D eigenvalue weighted by Gasteiger charge is -2.26. The Balaban J connectivity index is 1.32. The van der Waals surface area contributed by atoms with Gasteiger partial charge in [-0.15, -0.1) is 0 Å². The Kier molecular flexibility index (Phi) is 8.49. The molecule has 3 rings (SSSR count). The number of nitrogens with zero attached hydrogens (tertiary/aromatic N) is 2. The average molecular weight is 398 g/mol. The van der Waals surface area contributed by atoms with E-state index < -0.39 is 0 Å². The largest absolute Gasteiger partial charge is 0.492 e. The number of carbonyl (C=O) groups is 1. The zero-order chi connectivity index (χ0) is 20.3. The predicted molar refractivity (Wildman–Crippen MR) is 114 cm³/mol. The highest BCUT2D eigenvalue weighted by Crippen LogP contribution is 2.10. The molecular formula is C23H31N3O3. The second-order valence-electron chi connectivity index (χ2n) is 7.38. The van der Waals surface area contributed by atoms with E-state index in [1.807, 2.05) is 42.3 Å². The average Bonchev–Trinajstić information content (AvgIpc) is 2.75. The van der Waals surface area contributed by atoms with Gasteiger partial charge in [-0.3, -0.25) is 14.6 Å². The van der Waals surface area contributed by atoms with Gasteiger partial charge in [0, 0.05) is 32.7 Å². The molecule has 0 radical (unpaired) electrons. The third kappa shape index (κ3) is 7.85. The van der Waals surface area contributed by atoms with Crippen LogP contribution >= 0.6 is 0 Å². The minimum Gasteiger partial charge on any atom is -0.492 e. The fourth-order valence-corrected chi connectivity index (χ4v) is 3.20. The summed E-state index contributed by atoms with van der Waals surface area (Å²) in [4.78, 5) is 16.5. The summed E-state index contributed by atoms with van der Waals surface area (Å²) in [5.74, 6) is 0.868. The van der Waals surface area contributed by atoms with E-state index in [-0.39, 0.29) is 5.91 Å². The fraction of sp³-hybridized carbons (Fsp3) is 0.435. The highest BCUT2D eigenvalue weighted by Gasteiger charge is 2.11. The monoisotopic (exact) mass is 397 g/mol. The second kappa shape index (κ2) is 11.6. The van der Waals surface area contributed by atoms with Crippen molar-refractivity contribution in [3.05, 3.63) is 65.7 Å². The molecule has 0 aromatic heterocycles. The van der Waals surface area contributed by atoms with E-state index in [0.717, 1.165) is 44.2 Å². The van der Waals surface area contributed by atoms with Crippen LogP contribution < -0.4 is 10.1 Å². The number of benzene rings is 2. The van der Waals surface area contributed by atoms with E-state index in [2.05, 4.69) is 34.5 Å². The number of carbonyl (C=O) groups excluding carboxylic acids is 1. The van der Waals surface area contributed by atoms with Gasteiger partial charge in [0.2, 0.25) is 5.91 Å². The Morgan fingerprint density at radius 3 is 2.48 bits per heavy atom. The molecular weight excluding hydrogens is 366 g/mol. The van der Waals surface area contributed by atoms with Gasteiger partial charge in [-0.1, -0.05) is 42.5 Å². The van der Waals surface area contributed by atoms with Crippen LogP contribution in [-0.4, -0.2) is 68.8 Å². The van der Waals surface area contributed by atoms with E-state index in [9.17, 15) is 4.79 Å². The summed E-state index contributed by atoms with van der Waals surface area (Å²) in [6, 6.07) is 18.2. The normalized spacial score (nSPS) is 14.7. The summed E-state index contributed by atoms with van der Waals surface area (Å²) < 4.78 is 11.1. The van der Waals surface area contributed by atoms with Crippen LogP contribution in [0.5, 0.6) is 5.75 Å². The first-order chi connectivity index (χ1) is 14.2. The van der Waals surface area contributed by atoms with Gasteiger partial charge in [0.05, 0.1) is 19.8 Å². The van der Waals surface area contributed by atoms with E-state index in [1.54, 1.807) is 0 Å². The first-order valence-electron chi connectivity index (χ1n) is 10.2. The molecule has 1 heterocycles. The molecule has 1 amide bonds. The summed E-state index contributed by atoms with van der Waals surface area (Å²) in [5.41, 5.74) is 2.40. The second-order valence-corrected chi connectivity index (χ2v) is 7.38. The molecule has 0 saturated carbocycles. The number of nitrogens with one attached hydrogen (secondary N) is 1.